The Hall–Kier alpha value is -0.0800. The van der Waals surface area contributed by atoms with Gasteiger partial charge in [-0.1, -0.05) is 25.7 Å². The smallest absolute Gasteiger partial charge is 0.0431 e. The first-order valence-corrected chi connectivity index (χ1v) is 6.59. The maximum absolute atomic E-state index is 8.75. The number of hydrogen-bond donors (Lipinski definition) is 2. The Balaban J connectivity index is 2.08. The monoisotopic (exact) mass is 213 g/mol. The van der Waals surface area contributed by atoms with Crippen molar-refractivity contribution in [1.29, 1.82) is 0 Å². The second-order valence-corrected chi connectivity index (χ2v) is 5.22. The minimum absolute atomic E-state index is 0.322. The molecule has 0 saturated heterocycles. The van der Waals surface area contributed by atoms with Crippen LogP contribution in [0.3, 0.4) is 0 Å². The van der Waals surface area contributed by atoms with Gasteiger partial charge in [0, 0.05) is 18.7 Å². The Morgan fingerprint density at radius 2 is 1.87 bits per heavy atom. The van der Waals surface area contributed by atoms with E-state index >= 15 is 0 Å². The average Bonchev–Trinajstić information content (AvgIpc) is 2.67. The summed E-state index contributed by atoms with van der Waals surface area (Å²) in [6.07, 6.45) is 9.11. The van der Waals surface area contributed by atoms with Gasteiger partial charge in [0.2, 0.25) is 0 Å². The maximum atomic E-state index is 8.75. The van der Waals surface area contributed by atoms with Crippen molar-refractivity contribution < 1.29 is 5.11 Å². The van der Waals surface area contributed by atoms with Crippen LogP contribution in [-0.2, 0) is 0 Å². The first kappa shape index (κ1) is 13.0. The van der Waals surface area contributed by atoms with E-state index in [1.54, 1.807) is 0 Å². The van der Waals surface area contributed by atoms with E-state index in [1.807, 2.05) is 0 Å². The van der Waals surface area contributed by atoms with Gasteiger partial charge in [-0.05, 0) is 39.0 Å². The number of aliphatic hydroxyl groups is 1. The molecule has 1 fully saturated rings. The minimum Gasteiger partial charge on any atom is -0.396 e. The highest BCUT2D eigenvalue weighted by Crippen LogP contribution is 2.28. The van der Waals surface area contributed by atoms with E-state index < -0.39 is 0 Å². The Morgan fingerprint density at radius 3 is 2.47 bits per heavy atom. The zero-order chi connectivity index (χ0) is 11.1. The molecule has 2 atom stereocenters. The highest BCUT2D eigenvalue weighted by molar-refractivity contribution is 4.75. The molecule has 15 heavy (non-hydrogen) atoms. The molecule has 90 valence electrons. The second kappa shape index (κ2) is 7.24. The van der Waals surface area contributed by atoms with Gasteiger partial charge < -0.3 is 10.4 Å². The summed E-state index contributed by atoms with van der Waals surface area (Å²) in [5.74, 6) is 0.970. The highest BCUT2D eigenvalue weighted by Gasteiger charge is 2.18. The van der Waals surface area contributed by atoms with Crippen molar-refractivity contribution in [3.05, 3.63) is 0 Å². The van der Waals surface area contributed by atoms with Crippen molar-refractivity contribution >= 4 is 0 Å². The predicted molar refractivity (Wildman–Crippen MR) is 65.0 cm³/mol. The SMILES string of the molecule is CC(CCCO)NC(C)CC1CCCC1. The van der Waals surface area contributed by atoms with Crippen LogP contribution in [0.15, 0.2) is 0 Å². The maximum Gasteiger partial charge on any atom is 0.0431 e. The molecule has 0 aliphatic heterocycles. The van der Waals surface area contributed by atoms with Crippen LogP contribution < -0.4 is 5.32 Å². The molecule has 0 aromatic heterocycles. The highest BCUT2D eigenvalue weighted by atomic mass is 16.2. The fraction of sp³-hybridized carbons (Fsp3) is 1.00. The third-order valence-corrected chi connectivity index (χ3v) is 3.53. The van der Waals surface area contributed by atoms with Crippen LogP contribution >= 0.6 is 0 Å². The predicted octanol–water partition coefficient (Wildman–Crippen LogP) is 2.71. The summed E-state index contributed by atoms with van der Waals surface area (Å²) < 4.78 is 0. The van der Waals surface area contributed by atoms with E-state index in [4.69, 9.17) is 5.11 Å². The molecule has 2 heteroatoms. The third kappa shape index (κ3) is 5.53. The normalized spacial score (nSPS) is 21.8. The molecule has 0 heterocycles. The third-order valence-electron chi connectivity index (χ3n) is 3.53. The van der Waals surface area contributed by atoms with Crippen LogP contribution in [0.1, 0.15) is 58.8 Å². The number of aliphatic hydroxyl groups excluding tert-OH is 1. The van der Waals surface area contributed by atoms with Gasteiger partial charge in [0.1, 0.15) is 0 Å². The van der Waals surface area contributed by atoms with E-state index in [9.17, 15) is 0 Å². The molecule has 0 amide bonds. The van der Waals surface area contributed by atoms with Gasteiger partial charge in [0.25, 0.3) is 0 Å². The van der Waals surface area contributed by atoms with Crippen molar-refractivity contribution in [3.63, 3.8) is 0 Å². The van der Waals surface area contributed by atoms with E-state index in [-0.39, 0.29) is 0 Å². The van der Waals surface area contributed by atoms with Crippen molar-refractivity contribution in [1.82, 2.24) is 5.32 Å². The molecule has 0 bridgehead atoms. The van der Waals surface area contributed by atoms with Gasteiger partial charge in [-0.2, -0.15) is 0 Å². The van der Waals surface area contributed by atoms with Crippen LogP contribution in [0.25, 0.3) is 0 Å². The van der Waals surface area contributed by atoms with Crippen LogP contribution in [-0.4, -0.2) is 23.8 Å². The molecule has 2 N–H and O–H groups in total. The Bertz CT molecular complexity index is 155. The summed E-state index contributed by atoms with van der Waals surface area (Å²) in [7, 11) is 0. The average molecular weight is 213 g/mol. The van der Waals surface area contributed by atoms with Crippen LogP contribution in [0.2, 0.25) is 0 Å². The molecule has 1 saturated carbocycles. The fourth-order valence-corrected chi connectivity index (χ4v) is 2.78. The molecule has 1 rings (SSSR count). The van der Waals surface area contributed by atoms with E-state index in [1.165, 1.54) is 32.1 Å². The van der Waals surface area contributed by atoms with Crippen molar-refractivity contribution in [2.75, 3.05) is 6.61 Å². The second-order valence-electron chi connectivity index (χ2n) is 5.22. The largest absolute Gasteiger partial charge is 0.396 e. The molecular weight excluding hydrogens is 186 g/mol. The van der Waals surface area contributed by atoms with Gasteiger partial charge in [-0.15, -0.1) is 0 Å². The molecule has 0 aromatic rings. The summed E-state index contributed by atoms with van der Waals surface area (Å²) in [5.41, 5.74) is 0. The first-order valence-electron chi connectivity index (χ1n) is 6.59. The number of rotatable bonds is 7. The molecular formula is C13H27NO. The molecule has 0 aromatic carbocycles. The lowest BCUT2D eigenvalue weighted by atomic mass is 9.98. The molecule has 0 radical (unpaired) electrons. The molecule has 2 nitrogen and oxygen atoms in total. The Morgan fingerprint density at radius 1 is 1.20 bits per heavy atom. The molecule has 2 unspecified atom stereocenters. The van der Waals surface area contributed by atoms with Gasteiger partial charge >= 0.3 is 0 Å². The summed E-state index contributed by atoms with van der Waals surface area (Å²) in [4.78, 5) is 0. The lowest BCUT2D eigenvalue weighted by Gasteiger charge is -2.22. The Labute approximate surface area is 94.5 Å². The molecule has 0 spiro atoms. The van der Waals surface area contributed by atoms with Crippen LogP contribution in [0.4, 0.5) is 0 Å². The van der Waals surface area contributed by atoms with Crippen LogP contribution in [0.5, 0.6) is 0 Å². The van der Waals surface area contributed by atoms with Crippen molar-refractivity contribution in [2.24, 2.45) is 5.92 Å². The lowest BCUT2D eigenvalue weighted by molar-refractivity contribution is 0.271. The van der Waals surface area contributed by atoms with Gasteiger partial charge in [0.05, 0.1) is 0 Å². The van der Waals surface area contributed by atoms with Gasteiger partial charge in [-0.25, -0.2) is 0 Å². The van der Waals surface area contributed by atoms with E-state index in [0.29, 0.717) is 18.7 Å². The van der Waals surface area contributed by atoms with E-state index in [2.05, 4.69) is 19.2 Å². The van der Waals surface area contributed by atoms with Crippen molar-refractivity contribution in [2.45, 2.75) is 70.9 Å². The molecule has 1 aliphatic rings. The van der Waals surface area contributed by atoms with E-state index in [0.717, 1.165) is 18.8 Å². The standard InChI is InChI=1S/C13H27NO/c1-11(6-5-9-15)14-12(2)10-13-7-3-4-8-13/h11-15H,3-10H2,1-2H3. The number of nitrogens with one attached hydrogen (secondary N) is 1. The topological polar surface area (TPSA) is 32.3 Å². The number of hydrogen-bond acceptors (Lipinski definition) is 2. The van der Waals surface area contributed by atoms with Crippen LogP contribution in [0, 0.1) is 5.92 Å². The van der Waals surface area contributed by atoms with Crippen molar-refractivity contribution in [3.8, 4) is 0 Å². The molecule has 1 aliphatic carbocycles. The first-order chi connectivity index (χ1) is 7.22. The quantitative estimate of drug-likeness (QED) is 0.681. The minimum atomic E-state index is 0.322. The fourth-order valence-electron chi connectivity index (χ4n) is 2.78. The zero-order valence-electron chi connectivity index (χ0n) is 10.3. The van der Waals surface area contributed by atoms with Gasteiger partial charge in [-0.3, -0.25) is 0 Å². The summed E-state index contributed by atoms with van der Waals surface area (Å²) in [6.45, 7) is 4.84. The Kier molecular flexibility index (Phi) is 6.26. The summed E-state index contributed by atoms with van der Waals surface area (Å²) in [6, 6.07) is 1.19. The zero-order valence-corrected chi connectivity index (χ0v) is 10.3. The summed E-state index contributed by atoms with van der Waals surface area (Å²) in [5, 5.41) is 12.4. The summed E-state index contributed by atoms with van der Waals surface area (Å²) >= 11 is 0. The lowest BCUT2D eigenvalue weighted by Crippen LogP contribution is -2.35. The van der Waals surface area contributed by atoms with Gasteiger partial charge in [0.15, 0.2) is 0 Å².